The van der Waals surface area contributed by atoms with Crippen molar-refractivity contribution in [2.45, 2.75) is 30.4 Å². The Morgan fingerprint density at radius 1 is 1.16 bits per heavy atom. The van der Waals surface area contributed by atoms with Crippen LogP contribution in [-0.2, 0) is 14.3 Å². The zero-order chi connectivity index (χ0) is 22.2. The predicted molar refractivity (Wildman–Crippen MR) is 121 cm³/mol. The van der Waals surface area contributed by atoms with E-state index in [1.54, 1.807) is 0 Å². The van der Waals surface area contributed by atoms with Crippen molar-refractivity contribution in [3.8, 4) is 0 Å². The highest BCUT2D eigenvalue weighted by atomic mass is 32.2. The second kappa shape index (κ2) is 10.7. The van der Waals surface area contributed by atoms with Gasteiger partial charge in [0, 0.05) is 23.5 Å². The number of aryl methyl sites for hydroxylation is 1. The summed E-state index contributed by atoms with van der Waals surface area (Å²) in [5.41, 5.74) is 7.48. The van der Waals surface area contributed by atoms with Crippen molar-refractivity contribution < 1.29 is 19.1 Å². The summed E-state index contributed by atoms with van der Waals surface area (Å²) >= 11 is 1.32. The summed E-state index contributed by atoms with van der Waals surface area (Å²) in [7, 11) is 0. The Labute approximate surface area is 185 Å². The average Bonchev–Trinajstić information content (AvgIpc) is 2.76. The molecule has 3 N–H and O–H groups in total. The SMILES string of the molecule is CCN(CCOC(=O)NNC(=O)CC1Sc2ccccc2NC1=O)c1cccc(C)c1. The van der Waals surface area contributed by atoms with Crippen molar-refractivity contribution in [2.75, 3.05) is 29.9 Å². The normalized spacial score (nSPS) is 14.8. The molecule has 0 saturated carbocycles. The van der Waals surface area contributed by atoms with Gasteiger partial charge in [0.05, 0.1) is 17.5 Å². The summed E-state index contributed by atoms with van der Waals surface area (Å²) in [4.78, 5) is 39.2. The number of likely N-dealkylation sites (N-methyl/N-ethyl adjacent to an activating group) is 1. The number of hydrogen-bond acceptors (Lipinski definition) is 6. The van der Waals surface area contributed by atoms with Crippen molar-refractivity contribution >= 4 is 41.0 Å². The molecule has 3 rings (SSSR count). The lowest BCUT2D eigenvalue weighted by molar-refractivity contribution is -0.124. The third-order valence-electron chi connectivity index (χ3n) is 4.72. The van der Waals surface area contributed by atoms with Crippen LogP contribution in [0.4, 0.5) is 16.2 Å². The van der Waals surface area contributed by atoms with Crippen LogP contribution in [0.2, 0.25) is 0 Å². The first-order valence-corrected chi connectivity index (χ1v) is 10.9. The van der Waals surface area contributed by atoms with Crippen molar-refractivity contribution in [3.05, 3.63) is 54.1 Å². The molecule has 8 nitrogen and oxygen atoms in total. The monoisotopic (exact) mass is 442 g/mol. The molecule has 1 aliphatic rings. The van der Waals surface area contributed by atoms with Crippen molar-refractivity contribution in [3.63, 3.8) is 0 Å². The molecule has 1 heterocycles. The molecule has 3 amide bonds. The summed E-state index contributed by atoms with van der Waals surface area (Å²) in [6.07, 6.45) is -0.818. The minimum Gasteiger partial charge on any atom is -0.446 e. The number of nitrogens with zero attached hydrogens (tertiary/aromatic N) is 1. The van der Waals surface area contributed by atoms with Gasteiger partial charge in [-0.05, 0) is 43.7 Å². The number of carbonyl (C=O) groups excluding carboxylic acids is 3. The second-order valence-corrected chi connectivity index (χ2v) is 8.27. The molecule has 31 heavy (non-hydrogen) atoms. The van der Waals surface area contributed by atoms with Crippen LogP contribution in [0.1, 0.15) is 18.9 Å². The van der Waals surface area contributed by atoms with Crippen LogP contribution in [0.15, 0.2) is 53.4 Å². The molecular weight excluding hydrogens is 416 g/mol. The largest absolute Gasteiger partial charge is 0.446 e. The molecular formula is C22H26N4O4S. The predicted octanol–water partition coefficient (Wildman–Crippen LogP) is 3.08. The molecule has 0 aliphatic carbocycles. The number of hydrazine groups is 1. The summed E-state index contributed by atoms with van der Waals surface area (Å²) in [6, 6.07) is 15.5. The number of benzene rings is 2. The smallest absolute Gasteiger partial charge is 0.426 e. The van der Waals surface area contributed by atoms with Gasteiger partial charge in [0.2, 0.25) is 11.8 Å². The maximum absolute atomic E-state index is 12.2. The Morgan fingerprint density at radius 3 is 2.74 bits per heavy atom. The fourth-order valence-corrected chi connectivity index (χ4v) is 4.26. The van der Waals surface area contributed by atoms with E-state index in [0.717, 1.165) is 28.4 Å². The average molecular weight is 443 g/mol. The summed E-state index contributed by atoms with van der Waals surface area (Å²) in [5, 5.41) is 2.22. The van der Waals surface area contributed by atoms with Gasteiger partial charge in [0.1, 0.15) is 6.61 Å². The van der Waals surface area contributed by atoms with Gasteiger partial charge in [-0.25, -0.2) is 10.2 Å². The van der Waals surface area contributed by atoms with E-state index in [-0.39, 0.29) is 18.9 Å². The number of hydrogen-bond donors (Lipinski definition) is 3. The highest BCUT2D eigenvalue weighted by Gasteiger charge is 2.28. The lowest BCUT2D eigenvalue weighted by Gasteiger charge is -2.24. The molecule has 9 heteroatoms. The molecule has 0 radical (unpaired) electrons. The molecule has 0 aromatic heterocycles. The van der Waals surface area contributed by atoms with Crippen molar-refractivity contribution in [1.82, 2.24) is 10.9 Å². The first-order valence-electron chi connectivity index (χ1n) is 10.1. The van der Waals surface area contributed by atoms with Crippen LogP contribution in [0.25, 0.3) is 0 Å². The van der Waals surface area contributed by atoms with Gasteiger partial charge in [-0.3, -0.25) is 15.0 Å². The first-order chi connectivity index (χ1) is 15.0. The van der Waals surface area contributed by atoms with Gasteiger partial charge in [0.25, 0.3) is 0 Å². The maximum atomic E-state index is 12.2. The van der Waals surface area contributed by atoms with E-state index in [0.29, 0.717) is 6.54 Å². The van der Waals surface area contributed by atoms with Crippen LogP contribution in [-0.4, -0.2) is 42.9 Å². The minimum absolute atomic E-state index is 0.0674. The second-order valence-electron chi connectivity index (χ2n) is 7.02. The number of nitrogens with one attached hydrogen (secondary N) is 3. The summed E-state index contributed by atoms with van der Waals surface area (Å²) in [5.74, 6) is -0.712. The third kappa shape index (κ3) is 6.39. The maximum Gasteiger partial charge on any atom is 0.426 e. The Hall–Kier alpha value is -3.20. The highest BCUT2D eigenvalue weighted by molar-refractivity contribution is 8.01. The fourth-order valence-electron chi connectivity index (χ4n) is 3.15. The zero-order valence-corrected chi connectivity index (χ0v) is 18.3. The lowest BCUT2D eigenvalue weighted by Crippen LogP contribution is -2.44. The fraction of sp³-hybridized carbons (Fsp3) is 0.318. The minimum atomic E-state index is -0.750. The molecule has 164 valence electrons. The van der Waals surface area contributed by atoms with Gasteiger partial charge in [-0.1, -0.05) is 24.3 Å². The van der Waals surface area contributed by atoms with Crippen LogP contribution < -0.4 is 21.1 Å². The Balaban J connectivity index is 1.38. The number of para-hydroxylation sites is 1. The number of fused-ring (bicyclic) bond motifs is 1. The van der Waals surface area contributed by atoms with Crippen LogP contribution in [0.5, 0.6) is 0 Å². The highest BCUT2D eigenvalue weighted by Crippen LogP contribution is 2.36. The Bertz CT molecular complexity index is 953. The number of ether oxygens (including phenoxy) is 1. The van der Waals surface area contributed by atoms with E-state index in [9.17, 15) is 14.4 Å². The van der Waals surface area contributed by atoms with E-state index in [1.807, 2.05) is 56.3 Å². The lowest BCUT2D eigenvalue weighted by atomic mass is 10.2. The van der Waals surface area contributed by atoms with Crippen LogP contribution in [0, 0.1) is 6.92 Å². The number of rotatable bonds is 7. The van der Waals surface area contributed by atoms with E-state index in [2.05, 4.69) is 27.1 Å². The molecule has 0 fully saturated rings. The molecule has 2 aromatic carbocycles. The van der Waals surface area contributed by atoms with E-state index in [1.165, 1.54) is 11.8 Å². The van der Waals surface area contributed by atoms with Gasteiger partial charge in [-0.2, -0.15) is 0 Å². The Morgan fingerprint density at radius 2 is 1.97 bits per heavy atom. The molecule has 2 aromatic rings. The molecule has 0 spiro atoms. The van der Waals surface area contributed by atoms with Gasteiger partial charge < -0.3 is 15.0 Å². The van der Waals surface area contributed by atoms with Gasteiger partial charge in [0.15, 0.2) is 0 Å². The molecule has 0 bridgehead atoms. The van der Waals surface area contributed by atoms with Crippen molar-refractivity contribution in [2.24, 2.45) is 0 Å². The Kier molecular flexibility index (Phi) is 7.77. The molecule has 1 aliphatic heterocycles. The third-order valence-corrected chi connectivity index (χ3v) is 6.00. The van der Waals surface area contributed by atoms with Crippen LogP contribution >= 0.6 is 11.8 Å². The van der Waals surface area contributed by atoms with Crippen molar-refractivity contribution in [1.29, 1.82) is 0 Å². The number of amides is 3. The van der Waals surface area contributed by atoms with E-state index >= 15 is 0 Å². The number of carbonyl (C=O) groups is 3. The van der Waals surface area contributed by atoms with E-state index < -0.39 is 17.3 Å². The summed E-state index contributed by atoms with van der Waals surface area (Å²) < 4.78 is 5.14. The van der Waals surface area contributed by atoms with Crippen LogP contribution in [0.3, 0.4) is 0 Å². The topological polar surface area (TPSA) is 99.8 Å². The standard InChI is InChI=1S/C22H26N4O4S/c1-3-26(16-8-6-7-15(2)13-16)11-12-30-22(29)25-24-20(27)14-19-21(28)23-17-9-4-5-10-18(17)31-19/h4-10,13,19H,3,11-12,14H2,1-2H3,(H,23,28)(H,24,27)(H,25,29). The molecule has 1 unspecified atom stereocenters. The van der Waals surface area contributed by atoms with Gasteiger partial charge in [-0.15, -0.1) is 11.8 Å². The number of thioether (sulfide) groups is 1. The van der Waals surface area contributed by atoms with Gasteiger partial charge >= 0.3 is 6.09 Å². The quantitative estimate of drug-likeness (QED) is 0.570. The number of anilines is 2. The first kappa shape index (κ1) is 22.5. The molecule has 1 atom stereocenters. The summed E-state index contributed by atoms with van der Waals surface area (Å²) in [6.45, 7) is 5.52. The zero-order valence-electron chi connectivity index (χ0n) is 17.5. The van der Waals surface area contributed by atoms with E-state index in [4.69, 9.17) is 4.74 Å². The molecule has 0 saturated heterocycles.